The second-order valence-electron chi connectivity index (χ2n) is 6.24. The first-order valence-electron chi connectivity index (χ1n) is 7.95. The Balaban J connectivity index is 1.99. The maximum atomic E-state index is 3.48. The van der Waals surface area contributed by atoms with E-state index >= 15 is 0 Å². The van der Waals surface area contributed by atoms with Gasteiger partial charge < -0.3 is 5.32 Å². The van der Waals surface area contributed by atoms with Crippen LogP contribution < -0.4 is 5.32 Å². The minimum atomic E-state index is 0.256. The summed E-state index contributed by atoms with van der Waals surface area (Å²) in [6.45, 7) is 6.67. The molecule has 1 nitrogen and oxygen atoms in total. The lowest BCUT2D eigenvalue weighted by Crippen LogP contribution is -2.18. The Morgan fingerprint density at radius 3 is 2.45 bits per heavy atom. The molecule has 0 saturated carbocycles. The Labute approximate surface area is 133 Å². The van der Waals surface area contributed by atoms with E-state index in [-0.39, 0.29) is 6.04 Å². The maximum Gasteiger partial charge on any atom is 0.0701 e. The van der Waals surface area contributed by atoms with E-state index in [0.29, 0.717) is 5.92 Å². The average molecular weight is 289 g/mol. The van der Waals surface area contributed by atoms with Gasteiger partial charge in [0.15, 0.2) is 0 Å². The third-order valence-electron chi connectivity index (χ3n) is 4.30. The molecular weight excluding hydrogens is 266 g/mol. The van der Waals surface area contributed by atoms with Crippen molar-refractivity contribution in [1.82, 2.24) is 5.32 Å². The average Bonchev–Trinajstić information content (AvgIpc) is 2.56. The van der Waals surface area contributed by atoms with Crippen LogP contribution in [0, 0.1) is 12.8 Å². The molecule has 1 heterocycles. The molecule has 0 bridgehead atoms. The van der Waals surface area contributed by atoms with Crippen molar-refractivity contribution < 1.29 is 0 Å². The first kappa shape index (κ1) is 14.6. The van der Waals surface area contributed by atoms with Gasteiger partial charge in [0.05, 0.1) is 6.04 Å². The topological polar surface area (TPSA) is 12.0 Å². The van der Waals surface area contributed by atoms with Gasteiger partial charge in [-0.05, 0) is 59.0 Å². The molecule has 2 aromatic carbocycles. The van der Waals surface area contributed by atoms with Crippen molar-refractivity contribution in [3.63, 3.8) is 0 Å². The van der Waals surface area contributed by atoms with Crippen molar-refractivity contribution in [2.75, 3.05) is 0 Å². The summed E-state index contributed by atoms with van der Waals surface area (Å²) in [7, 11) is 0. The van der Waals surface area contributed by atoms with E-state index < -0.39 is 0 Å². The molecule has 3 rings (SSSR count). The Bertz CT molecular complexity index is 708. The highest BCUT2D eigenvalue weighted by Gasteiger charge is 2.15. The molecule has 1 N–H and O–H groups in total. The Hall–Kier alpha value is -2.28. The van der Waals surface area contributed by atoms with Gasteiger partial charge in [-0.2, -0.15) is 0 Å². The number of hydrogen-bond donors (Lipinski definition) is 1. The fourth-order valence-corrected chi connectivity index (χ4v) is 2.89. The molecule has 1 unspecified atom stereocenters. The molecule has 0 spiro atoms. The summed E-state index contributed by atoms with van der Waals surface area (Å²) >= 11 is 0. The van der Waals surface area contributed by atoms with Gasteiger partial charge in [-0.3, -0.25) is 0 Å². The molecule has 0 aromatic heterocycles. The lowest BCUT2D eigenvalue weighted by Gasteiger charge is -2.23. The molecule has 22 heavy (non-hydrogen) atoms. The summed E-state index contributed by atoms with van der Waals surface area (Å²) in [5.74, 6) is 0.554. The molecule has 1 heteroatoms. The van der Waals surface area contributed by atoms with Gasteiger partial charge in [-0.25, -0.2) is 0 Å². The first-order valence-corrected chi connectivity index (χ1v) is 7.95. The normalized spacial score (nSPS) is 17.3. The van der Waals surface area contributed by atoms with Gasteiger partial charge in [-0.15, -0.1) is 0 Å². The van der Waals surface area contributed by atoms with Crippen LogP contribution in [0.4, 0.5) is 0 Å². The second kappa shape index (κ2) is 6.23. The predicted octanol–water partition coefficient (Wildman–Crippen LogP) is 5.40. The highest BCUT2D eigenvalue weighted by molar-refractivity contribution is 5.65. The maximum absolute atomic E-state index is 3.48. The Morgan fingerprint density at radius 1 is 0.955 bits per heavy atom. The minimum absolute atomic E-state index is 0.256. The number of hydrogen-bond acceptors (Lipinski definition) is 1. The van der Waals surface area contributed by atoms with E-state index in [1.165, 1.54) is 27.8 Å². The third-order valence-corrected chi connectivity index (χ3v) is 4.30. The molecule has 0 radical (unpaired) electrons. The van der Waals surface area contributed by atoms with Crippen LogP contribution in [0.2, 0.25) is 0 Å². The van der Waals surface area contributed by atoms with Crippen molar-refractivity contribution in [2.45, 2.75) is 26.8 Å². The van der Waals surface area contributed by atoms with Crippen molar-refractivity contribution in [3.05, 3.63) is 83.6 Å². The van der Waals surface area contributed by atoms with Gasteiger partial charge in [0, 0.05) is 0 Å². The lowest BCUT2D eigenvalue weighted by atomic mass is 9.91. The first-order chi connectivity index (χ1) is 10.6. The highest BCUT2D eigenvalue weighted by atomic mass is 14.9. The number of nitrogens with one attached hydrogen (secondary N) is 1. The van der Waals surface area contributed by atoms with Gasteiger partial charge in [0.1, 0.15) is 0 Å². The van der Waals surface area contributed by atoms with Gasteiger partial charge in [0.2, 0.25) is 0 Å². The van der Waals surface area contributed by atoms with Crippen LogP contribution in [-0.2, 0) is 0 Å². The molecule has 1 atom stereocenters. The van der Waals surface area contributed by atoms with Crippen LogP contribution in [0.3, 0.4) is 0 Å². The van der Waals surface area contributed by atoms with Crippen LogP contribution in [0.15, 0.2) is 72.5 Å². The summed E-state index contributed by atoms with van der Waals surface area (Å²) in [5, 5.41) is 3.48. The van der Waals surface area contributed by atoms with Crippen molar-refractivity contribution in [1.29, 1.82) is 0 Å². The number of benzene rings is 2. The second-order valence-corrected chi connectivity index (χ2v) is 6.24. The molecule has 0 saturated heterocycles. The molecule has 1 aliphatic rings. The zero-order valence-electron chi connectivity index (χ0n) is 13.5. The van der Waals surface area contributed by atoms with Gasteiger partial charge >= 0.3 is 0 Å². The quantitative estimate of drug-likeness (QED) is 0.797. The number of dihydropyridines is 1. The predicted molar refractivity (Wildman–Crippen MR) is 94.6 cm³/mol. The van der Waals surface area contributed by atoms with E-state index in [1.54, 1.807) is 0 Å². The molecule has 1 aliphatic heterocycles. The monoisotopic (exact) mass is 289 g/mol. The number of aryl methyl sites for hydroxylation is 1. The summed E-state index contributed by atoms with van der Waals surface area (Å²) in [5.41, 5.74) is 6.61. The molecule has 112 valence electrons. The molecule has 0 fully saturated rings. The summed E-state index contributed by atoms with van der Waals surface area (Å²) in [6.07, 6.45) is 6.61. The largest absolute Gasteiger partial charge is 0.381 e. The van der Waals surface area contributed by atoms with Crippen molar-refractivity contribution in [2.24, 2.45) is 5.92 Å². The Morgan fingerprint density at radius 2 is 1.73 bits per heavy atom. The molecule has 0 amide bonds. The molecule has 0 aliphatic carbocycles. The molecule has 2 aromatic rings. The third kappa shape index (κ3) is 2.99. The van der Waals surface area contributed by atoms with E-state index in [4.69, 9.17) is 0 Å². The van der Waals surface area contributed by atoms with Crippen molar-refractivity contribution in [3.8, 4) is 11.1 Å². The zero-order valence-corrected chi connectivity index (χ0v) is 13.5. The van der Waals surface area contributed by atoms with Crippen LogP contribution in [0.5, 0.6) is 0 Å². The van der Waals surface area contributed by atoms with Crippen LogP contribution >= 0.6 is 0 Å². The number of rotatable bonds is 3. The van der Waals surface area contributed by atoms with Crippen molar-refractivity contribution >= 4 is 0 Å². The van der Waals surface area contributed by atoms with E-state index in [0.717, 1.165) is 0 Å². The summed E-state index contributed by atoms with van der Waals surface area (Å²) in [4.78, 5) is 0. The van der Waals surface area contributed by atoms with E-state index in [1.807, 2.05) is 0 Å². The minimum Gasteiger partial charge on any atom is -0.381 e. The van der Waals surface area contributed by atoms with Crippen LogP contribution in [0.25, 0.3) is 11.1 Å². The fraction of sp³-hybridized carbons (Fsp3) is 0.238. The smallest absolute Gasteiger partial charge is 0.0701 e. The lowest BCUT2D eigenvalue weighted by molar-refractivity contribution is 0.695. The van der Waals surface area contributed by atoms with Crippen LogP contribution in [-0.4, -0.2) is 0 Å². The van der Waals surface area contributed by atoms with Gasteiger partial charge in [0.25, 0.3) is 0 Å². The SMILES string of the molecule is Cc1ccc(-c2ccccc2)cc1C1C=C(C(C)C)C=CN1. The summed E-state index contributed by atoms with van der Waals surface area (Å²) < 4.78 is 0. The van der Waals surface area contributed by atoms with E-state index in [2.05, 4.69) is 93.0 Å². The number of allylic oxidation sites excluding steroid dienone is 2. The fourth-order valence-electron chi connectivity index (χ4n) is 2.89. The van der Waals surface area contributed by atoms with Gasteiger partial charge in [-0.1, -0.05) is 62.4 Å². The van der Waals surface area contributed by atoms with E-state index in [9.17, 15) is 0 Å². The summed E-state index contributed by atoms with van der Waals surface area (Å²) in [6, 6.07) is 17.6. The Kier molecular flexibility index (Phi) is 4.15. The molecular formula is C21H23N. The zero-order chi connectivity index (χ0) is 15.5. The van der Waals surface area contributed by atoms with Crippen LogP contribution in [0.1, 0.15) is 31.0 Å². The highest BCUT2D eigenvalue weighted by Crippen LogP contribution is 2.29. The standard InChI is InChI=1S/C21H23N/c1-15(2)18-11-12-22-21(14-18)20-13-19(10-9-16(20)3)17-7-5-4-6-8-17/h4-15,21-22H,1-3H3.